The van der Waals surface area contributed by atoms with Crippen LogP contribution in [0.3, 0.4) is 0 Å². The van der Waals surface area contributed by atoms with Crippen molar-refractivity contribution in [3.8, 4) is 0 Å². The molecule has 112 valence electrons. The molecule has 1 aromatic heterocycles. The number of pyridine rings is 1. The maximum Gasteiger partial charge on any atom is 0.410 e. The first kappa shape index (κ1) is 13.9. The van der Waals surface area contributed by atoms with Crippen molar-refractivity contribution in [2.75, 3.05) is 13.1 Å². The van der Waals surface area contributed by atoms with Gasteiger partial charge in [-0.1, -0.05) is 0 Å². The normalized spacial score (nSPS) is 24.3. The second-order valence-electron chi connectivity index (χ2n) is 6.28. The zero-order valence-corrected chi connectivity index (χ0v) is 12.4. The molecule has 1 amide bonds. The van der Waals surface area contributed by atoms with Crippen LogP contribution in [-0.2, 0) is 9.47 Å². The number of aromatic nitrogens is 1. The third kappa shape index (κ3) is 2.99. The number of carbonyl (C=O) groups is 1. The minimum absolute atomic E-state index is 0.0206. The van der Waals surface area contributed by atoms with Crippen LogP contribution >= 0.6 is 0 Å². The van der Waals surface area contributed by atoms with Gasteiger partial charge in [0.15, 0.2) is 0 Å². The Labute approximate surface area is 123 Å². The standard InChI is InChI=1S/C15H19N3O3/c1-15(2,3)21-14(19)18-8-11-12(9-18)20-13(17-11)10-5-4-6-16-7-10/h4-7,11-12H,8-9H2,1-3H3. The van der Waals surface area contributed by atoms with Crippen molar-refractivity contribution in [2.24, 2.45) is 4.99 Å². The zero-order valence-electron chi connectivity index (χ0n) is 12.4. The fourth-order valence-electron chi connectivity index (χ4n) is 2.43. The zero-order chi connectivity index (χ0) is 15.0. The van der Waals surface area contributed by atoms with E-state index in [1.54, 1.807) is 17.3 Å². The molecule has 0 N–H and O–H groups in total. The van der Waals surface area contributed by atoms with E-state index >= 15 is 0 Å². The summed E-state index contributed by atoms with van der Waals surface area (Å²) in [4.78, 5) is 22.3. The van der Waals surface area contributed by atoms with E-state index < -0.39 is 5.60 Å². The maximum atomic E-state index is 12.0. The Balaban J connectivity index is 1.65. The van der Waals surface area contributed by atoms with Crippen molar-refractivity contribution in [3.63, 3.8) is 0 Å². The first-order valence-corrected chi connectivity index (χ1v) is 7.05. The molecule has 1 fully saturated rings. The summed E-state index contributed by atoms with van der Waals surface area (Å²) in [7, 11) is 0. The number of carbonyl (C=O) groups excluding carboxylic acids is 1. The number of nitrogens with zero attached hydrogens (tertiary/aromatic N) is 3. The van der Waals surface area contributed by atoms with Gasteiger partial charge in [-0.25, -0.2) is 9.79 Å². The molecule has 0 spiro atoms. The van der Waals surface area contributed by atoms with E-state index in [4.69, 9.17) is 9.47 Å². The quantitative estimate of drug-likeness (QED) is 0.791. The SMILES string of the molecule is CC(C)(C)OC(=O)N1CC2N=C(c3cccnc3)OC2C1. The highest BCUT2D eigenvalue weighted by Gasteiger charge is 2.42. The highest BCUT2D eigenvalue weighted by Crippen LogP contribution is 2.26. The Bertz CT molecular complexity index is 565. The second-order valence-corrected chi connectivity index (χ2v) is 6.28. The molecule has 1 aromatic rings. The fraction of sp³-hybridized carbons (Fsp3) is 0.533. The number of hydrogen-bond acceptors (Lipinski definition) is 5. The van der Waals surface area contributed by atoms with Gasteiger partial charge in [-0.05, 0) is 32.9 Å². The molecular weight excluding hydrogens is 270 g/mol. The van der Waals surface area contributed by atoms with Crippen LogP contribution in [0.5, 0.6) is 0 Å². The van der Waals surface area contributed by atoms with Crippen molar-refractivity contribution < 1.29 is 14.3 Å². The summed E-state index contributed by atoms with van der Waals surface area (Å²) in [6.45, 7) is 6.61. The molecule has 2 aliphatic heterocycles. The van der Waals surface area contributed by atoms with Crippen molar-refractivity contribution in [1.29, 1.82) is 0 Å². The highest BCUT2D eigenvalue weighted by atomic mass is 16.6. The molecule has 2 unspecified atom stereocenters. The lowest BCUT2D eigenvalue weighted by Gasteiger charge is -2.24. The van der Waals surface area contributed by atoms with Crippen LogP contribution in [0.1, 0.15) is 26.3 Å². The van der Waals surface area contributed by atoms with Gasteiger partial charge in [-0.15, -0.1) is 0 Å². The van der Waals surface area contributed by atoms with Crippen molar-refractivity contribution in [1.82, 2.24) is 9.88 Å². The van der Waals surface area contributed by atoms with E-state index in [1.807, 2.05) is 32.9 Å². The summed E-state index contributed by atoms with van der Waals surface area (Å²) in [6, 6.07) is 3.74. The minimum Gasteiger partial charge on any atom is -0.470 e. The molecule has 0 aliphatic carbocycles. The topological polar surface area (TPSA) is 64.0 Å². The molecule has 2 atom stereocenters. The van der Waals surface area contributed by atoms with Crippen LogP contribution in [0.15, 0.2) is 29.5 Å². The molecule has 2 aliphatic rings. The molecule has 0 radical (unpaired) electrons. The number of hydrogen-bond donors (Lipinski definition) is 0. The number of rotatable bonds is 1. The number of aliphatic imine (C=N–C) groups is 1. The van der Waals surface area contributed by atoms with E-state index in [-0.39, 0.29) is 18.2 Å². The summed E-state index contributed by atoms with van der Waals surface area (Å²) < 4.78 is 11.2. The van der Waals surface area contributed by atoms with Gasteiger partial charge in [-0.3, -0.25) is 4.98 Å². The monoisotopic (exact) mass is 289 g/mol. The van der Waals surface area contributed by atoms with Gasteiger partial charge in [0.1, 0.15) is 17.7 Å². The lowest BCUT2D eigenvalue weighted by Crippen LogP contribution is -2.36. The first-order valence-electron chi connectivity index (χ1n) is 7.05. The van der Waals surface area contributed by atoms with E-state index in [0.717, 1.165) is 5.56 Å². The average Bonchev–Trinajstić information content (AvgIpc) is 2.95. The molecule has 1 saturated heterocycles. The van der Waals surface area contributed by atoms with Crippen molar-refractivity contribution in [2.45, 2.75) is 38.5 Å². The van der Waals surface area contributed by atoms with E-state index in [1.165, 1.54) is 0 Å². The Morgan fingerprint density at radius 3 is 2.86 bits per heavy atom. The van der Waals surface area contributed by atoms with Crippen molar-refractivity contribution >= 4 is 12.0 Å². The van der Waals surface area contributed by atoms with E-state index in [0.29, 0.717) is 19.0 Å². The predicted molar refractivity (Wildman–Crippen MR) is 77.2 cm³/mol. The van der Waals surface area contributed by atoms with E-state index in [9.17, 15) is 4.79 Å². The number of likely N-dealkylation sites (tertiary alicyclic amines) is 1. The largest absolute Gasteiger partial charge is 0.470 e. The van der Waals surface area contributed by atoms with Crippen LogP contribution in [0.2, 0.25) is 0 Å². The number of amides is 1. The van der Waals surface area contributed by atoms with Crippen LogP contribution in [0.4, 0.5) is 4.79 Å². The smallest absolute Gasteiger partial charge is 0.410 e. The Hall–Kier alpha value is -2.11. The van der Waals surface area contributed by atoms with Gasteiger partial charge in [-0.2, -0.15) is 0 Å². The number of ether oxygens (including phenoxy) is 2. The van der Waals surface area contributed by atoms with Crippen LogP contribution in [0, 0.1) is 0 Å². The van der Waals surface area contributed by atoms with Gasteiger partial charge < -0.3 is 14.4 Å². The average molecular weight is 289 g/mol. The van der Waals surface area contributed by atoms with Crippen molar-refractivity contribution in [3.05, 3.63) is 30.1 Å². The third-order valence-corrected chi connectivity index (χ3v) is 3.34. The molecule has 21 heavy (non-hydrogen) atoms. The summed E-state index contributed by atoms with van der Waals surface area (Å²) >= 11 is 0. The predicted octanol–water partition coefficient (Wildman–Crippen LogP) is 1.85. The van der Waals surface area contributed by atoms with Gasteiger partial charge in [0.2, 0.25) is 5.90 Å². The molecule has 0 aromatic carbocycles. The molecule has 3 heterocycles. The van der Waals surface area contributed by atoms with Gasteiger partial charge in [0, 0.05) is 12.4 Å². The van der Waals surface area contributed by atoms with Gasteiger partial charge in [0.05, 0.1) is 18.7 Å². The fourth-order valence-corrected chi connectivity index (χ4v) is 2.43. The lowest BCUT2D eigenvalue weighted by atomic mass is 10.2. The molecule has 0 bridgehead atoms. The first-order chi connectivity index (χ1) is 9.92. The lowest BCUT2D eigenvalue weighted by molar-refractivity contribution is 0.0272. The Morgan fingerprint density at radius 1 is 1.43 bits per heavy atom. The molecule has 3 rings (SSSR count). The van der Waals surface area contributed by atoms with E-state index in [2.05, 4.69) is 9.98 Å². The van der Waals surface area contributed by atoms with Crippen LogP contribution in [-0.4, -0.2) is 52.7 Å². The number of fused-ring (bicyclic) bond motifs is 1. The molecule has 0 saturated carbocycles. The Kier molecular flexibility index (Phi) is 3.31. The third-order valence-electron chi connectivity index (χ3n) is 3.34. The summed E-state index contributed by atoms with van der Waals surface area (Å²) in [5.74, 6) is 0.613. The maximum absolute atomic E-state index is 12.0. The molecule has 6 heteroatoms. The summed E-state index contributed by atoms with van der Waals surface area (Å²) in [6.07, 6.45) is 3.04. The van der Waals surface area contributed by atoms with Gasteiger partial charge >= 0.3 is 6.09 Å². The van der Waals surface area contributed by atoms with Crippen LogP contribution in [0.25, 0.3) is 0 Å². The highest BCUT2D eigenvalue weighted by molar-refractivity contribution is 5.95. The summed E-state index contributed by atoms with van der Waals surface area (Å²) in [5, 5.41) is 0. The molecule has 6 nitrogen and oxygen atoms in total. The molecular formula is C15H19N3O3. The minimum atomic E-state index is -0.486. The summed E-state index contributed by atoms with van der Waals surface area (Å²) in [5.41, 5.74) is 0.385. The second kappa shape index (κ2) is 5.02. The van der Waals surface area contributed by atoms with Gasteiger partial charge in [0.25, 0.3) is 0 Å². The Morgan fingerprint density at radius 2 is 2.24 bits per heavy atom. The van der Waals surface area contributed by atoms with Crippen LogP contribution < -0.4 is 0 Å².